The number of aromatic hydroxyl groups is 1. The first-order valence-electron chi connectivity index (χ1n) is 6.42. The number of phenols is 1. The molecule has 1 saturated heterocycles. The summed E-state index contributed by atoms with van der Waals surface area (Å²) in [6, 6.07) is 3.37. The second-order valence-electron chi connectivity index (χ2n) is 5.10. The lowest BCUT2D eigenvalue weighted by atomic mass is 9.98. The lowest BCUT2D eigenvalue weighted by molar-refractivity contribution is -0.143. The zero-order valence-corrected chi connectivity index (χ0v) is 11.4. The van der Waals surface area contributed by atoms with E-state index in [9.17, 15) is 14.3 Å². The Morgan fingerprint density at radius 1 is 1.50 bits per heavy atom. The monoisotopic (exact) mass is 283 g/mol. The Bertz CT molecular complexity index is 508. The maximum Gasteiger partial charge on any atom is 0.310 e. The number of hydrogen-bond donors (Lipinski definition) is 2. The van der Waals surface area contributed by atoms with Gasteiger partial charge in [-0.2, -0.15) is 0 Å². The van der Waals surface area contributed by atoms with Crippen LogP contribution in [0.5, 0.6) is 5.75 Å². The Hall–Kier alpha value is -1.66. The highest BCUT2D eigenvalue weighted by atomic mass is 19.1. The van der Waals surface area contributed by atoms with E-state index in [4.69, 9.17) is 9.84 Å². The van der Waals surface area contributed by atoms with Gasteiger partial charge in [0.05, 0.1) is 19.1 Å². The summed E-state index contributed by atoms with van der Waals surface area (Å²) in [6.07, 6.45) is 0. The first-order chi connectivity index (χ1) is 9.41. The second kappa shape index (κ2) is 5.76. The van der Waals surface area contributed by atoms with Gasteiger partial charge in [0, 0.05) is 23.7 Å². The molecule has 0 saturated carbocycles. The van der Waals surface area contributed by atoms with Gasteiger partial charge in [-0.1, -0.05) is 6.07 Å². The number of ether oxygens (including phenoxy) is 1. The minimum atomic E-state index is -0.905. The standard InChI is InChI=1S/C14H18FNO4/c1-8(10-4-3-9(17)5-12(10)15)16(2)13-7-20-6-11(13)14(18)19/h3-5,8,11,13,17H,6-7H2,1-2H3,(H,18,19). The van der Waals surface area contributed by atoms with Crippen molar-refractivity contribution < 1.29 is 24.1 Å². The van der Waals surface area contributed by atoms with Crippen molar-refractivity contribution >= 4 is 5.97 Å². The molecule has 5 nitrogen and oxygen atoms in total. The van der Waals surface area contributed by atoms with Gasteiger partial charge < -0.3 is 14.9 Å². The fourth-order valence-electron chi connectivity index (χ4n) is 2.54. The van der Waals surface area contributed by atoms with Crippen LogP contribution in [0.1, 0.15) is 18.5 Å². The van der Waals surface area contributed by atoms with Gasteiger partial charge in [0.25, 0.3) is 0 Å². The molecular formula is C14H18FNO4. The summed E-state index contributed by atoms with van der Waals surface area (Å²) >= 11 is 0. The highest BCUT2D eigenvalue weighted by Crippen LogP contribution is 2.30. The van der Waals surface area contributed by atoms with E-state index in [1.807, 2.05) is 0 Å². The van der Waals surface area contributed by atoms with Gasteiger partial charge in [-0.25, -0.2) is 4.39 Å². The van der Waals surface area contributed by atoms with Crippen LogP contribution in [0.15, 0.2) is 18.2 Å². The number of carbonyl (C=O) groups is 1. The van der Waals surface area contributed by atoms with Gasteiger partial charge >= 0.3 is 5.97 Å². The molecule has 0 spiro atoms. The average molecular weight is 283 g/mol. The van der Waals surface area contributed by atoms with Crippen molar-refractivity contribution in [1.82, 2.24) is 4.90 Å². The predicted octanol–water partition coefficient (Wildman–Crippen LogP) is 1.62. The summed E-state index contributed by atoms with van der Waals surface area (Å²) in [6.45, 7) is 2.29. The molecule has 0 amide bonds. The van der Waals surface area contributed by atoms with Crippen LogP contribution >= 0.6 is 0 Å². The Morgan fingerprint density at radius 2 is 2.20 bits per heavy atom. The number of rotatable bonds is 4. The first kappa shape index (κ1) is 14.7. The molecular weight excluding hydrogens is 265 g/mol. The van der Waals surface area contributed by atoms with E-state index in [0.717, 1.165) is 6.07 Å². The van der Waals surface area contributed by atoms with Gasteiger partial charge in [0.15, 0.2) is 0 Å². The fourth-order valence-corrected chi connectivity index (χ4v) is 2.54. The second-order valence-corrected chi connectivity index (χ2v) is 5.10. The van der Waals surface area contributed by atoms with Crippen LogP contribution in [0.25, 0.3) is 0 Å². The van der Waals surface area contributed by atoms with E-state index in [0.29, 0.717) is 12.2 Å². The molecule has 0 aromatic heterocycles. The van der Waals surface area contributed by atoms with E-state index in [-0.39, 0.29) is 24.4 Å². The van der Waals surface area contributed by atoms with Crippen LogP contribution in [0.2, 0.25) is 0 Å². The molecule has 3 atom stereocenters. The van der Waals surface area contributed by atoms with E-state index < -0.39 is 17.7 Å². The Labute approximate surface area is 116 Å². The molecule has 0 radical (unpaired) electrons. The fraction of sp³-hybridized carbons (Fsp3) is 0.500. The molecule has 1 aliphatic rings. The van der Waals surface area contributed by atoms with Gasteiger partial charge in [-0.05, 0) is 20.0 Å². The smallest absolute Gasteiger partial charge is 0.310 e. The molecule has 20 heavy (non-hydrogen) atoms. The van der Waals surface area contributed by atoms with Gasteiger partial charge in [0.2, 0.25) is 0 Å². The van der Waals surface area contributed by atoms with Crippen molar-refractivity contribution in [3.8, 4) is 5.75 Å². The molecule has 3 unspecified atom stereocenters. The molecule has 0 bridgehead atoms. The molecule has 2 N–H and O–H groups in total. The number of phenolic OH excluding ortho intramolecular Hbond substituents is 1. The highest BCUT2D eigenvalue weighted by Gasteiger charge is 2.38. The van der Waals surface area contributed by atoms with Crippen LogP contribution in [0.3, 0.4) is 0 Å². The molecule has 1 aliphatic heterocycles. The lowest BCUT2D eigenvalue weighted by Gasteiger charge is -2.32. The zero-order chi connectivity index (χ0) is 14.9. The number of likely N-dealkylation sites (N-methyl/N-ethyl adjacent to an activating group) is 1. The minimum absolute atomic E-state index is 0.131. The van der Waals surface area contributed by atoms with E-state index >= 15 is 0 Å². The van der Waals surface area contributed by atoms with Crippen molar-refractivity contribution in [2.45, 2.75) is 19.0 Å². The molecule has 0 aliphatic carbocycles. The average Bonchev–Trinajstić information content (AvgIpc) is 2.86. The highest BCUT2D eigenvalue weighted by molar-refractivity contribution is 5.71. The van der Waals surface area contributed by atoms with Crippen LogP contribution in [0, 0.1) is 11.7 Å². The Morgan fingerprint density at radius 3 is 2.80 bits per heavy atom. The topological polar surface area (TPSA) is 70.0 Å². The van der Waals surface area contributed by atoms with Crippen LogP contribution in [0.4, 0.5) is 4.39 Å². The summed E-state index contributed by atoms with van der Waals surface area (Å²) in [5.41, 5.74) is 0.418. The van der Waals surface area contributed by atoms with Crippen molar-refractivity contribution in [3.05, 3.63) is 29.6 Å². The summed E-state index contributed by atoms with van der Waals surface area (Å²) in [5.74, 6) is -2.15. The number of hydrogen-bond acceptors (Lipinski definition) is 4. The maximum absolute atomic E-state index is 13.9. The molecule has 2 rings (SSSR count). The normalized spacial score (nSPS) is 24.0. The quantitative estimate of drug-likeness (QED) is 0.878. The largest absolute Gasteiger partial charge is 0.508 e. The third-order valence-corrected chi connectivity index (χ3v) is 3.94. The van der Waals surface area contributed by atoms with Gasteiger partial charge in [-0.15, -0.1) is 0 Å². The van der Waals surface area contributed by atoms with Crippen LogP contribution in [-0.2, 0) is 9.53 Å². The third-order valence-electron chi connectivity index (χ3n) is 3.94. The van der Waals surface area contributed by atoms with Crippen molar-refractivity contribution in [3.63, 3.8) is 0 Å². The first-order valence-corrected chi connectivity index (χ1v) is 6.42. The maximum atomic E-state index is 13.9. The molecule has 1 aromatic rings. The summed E-state index contributed by atoms with van der Waals surface area (Å²) in [4.78, 5) is 13.0. The van der Waals surface area contributed by atoms with Crippen molar-refractivity contribution in [2.24, 2.45) is 5.92 Å². The van der Waals surface area contributed by atoms with Crippen molar-refractivity contribution in [1.29, 1.82) is 0 Å². The third kappa shape index (κ3) is 2.76. The van der Waals surface area contributed by atoms with Crippen LogP contribution in [-0.4, -0.2) is 47.4 Å². The number of benzene rings is 1. The van der Waals surface area contributed by atoms with E-state index in [2.05, 4.69) is 0 Å². The van der Waals surface area contributed by atoms with Crippen LogP contribution < -0.4 is 0 Å². The summed E-state index contributed by atoms with van der Waals surface area (Å²) in [7, 11) is 1.76. The number of aliphatic carboxylic acids is 1. The zero-order valence-electron chi connectivity index (χ0n) is 11.4. The summed E-state index contributed by atoms with van der Waals surface area (Å²) in [5, 5.41) is 18.4. The van der Waals surface area contributed by atoms with E-state index in [1.165, 1.54) is 12.1 Å². The number of carboxylic acid groups (broad SMARTS) is 1. The molecule has 1 aromatic carbocycles. The number of halogens is 1. The number of nitrogens with zero attached hydrogens (tertiary/aromatic N) is 1. The van der Waals surface area contributed by atoms with E-state index in [1.54, 1.807) is 18.9 Å². The summed E-state index contributed by atoms with van der Waals surface area (Å²) < 4.78 is 19.1. The SMILES string of the molecule is CC(c1ccc(O)cc1F)N(C)C1COCC1C(=O)O. The Kier molecular flexibility index (Phi) is 4.25. The molecule has 6 heteroatoms. The van der Waals surface area contributed by atoms with Gasteiger partial charge in [-0.3, -0.25) is 9.69 Å². The predicted molar refractivity (Wildman–Crippen MR) is 70.0 cm³/mol. The Balaban J connectivity index is 2.19. The molecule has 1 fully saturated rings. The van der Waals surface area contributed by atoms with Gasteiger partial charge in [0.1, 0.15) is 11.6 Å². The molecule has 110 valence electrons. The number of carboxylic acids is 1. The minimum Gasteiger partial charge on any atom is -0.508 e. The lowest BCUT2D eigenvalue weighted by Crippen LogP contribution is -2.42. The van der Waals surface area contributed by atoms with Crippen molar-refractivity contribution in [2.75, 3.05) is 20.3 Å². The molecule has 1 heterocycles.